The molecule has 0 spiro atoms. The Labute approximate surface area is 166 Å². The second-order valence-corrected chi connectivity index (χ2v) is 8.86. The molecule has 0 bridgehead atoms. The molecule has 1 saturated carbocycles. The standard InChI is InChI=1S/C22H30N4O2/c1-15-13-17(25-9-11-28-12-10-25)7-8-18(15)23-21(27)19-14-20(16-5-6-16)26(24-19)22(2,3)4/h7-8,13-14,16H,5-6,9-12H2,1-4H3,(H,23,27). The Morgan fingerprint density at radius 3 is 2.50 bits per heavy atom. The van der Waals surface area contributed by atoms with E-state index in [1.807, 2.05) is 23.7 Å². The summed E-state index contributed by atoms with van der Waals surface area (Å²) in [4.78, 5) is 15.2. The molecule has 1 aromatic heterocycles. The van der Waals surface area contributed by atoms with Gasteiger partial charge in [-0.15, -0.1) is 0 Å². The van der Waals surface area contributed by atoms with Crippen LogP contribution in [0.1, 0.15) is 61.3 Å². The van der Waals surface area contributed by atoms with Gasteiger partial charge in [0.2, 0.25) is 0 Å². The van der Waals surface area contributed by atoms with Crippen molar-refractivity contribution in [3.63, 3.8) is 0 Å². The second kappa shape index (κ2) is 7.24. The van der Waals surface area contributed by atoms with Gasteiger partial charge in [0.15, 0.2) is 5.69 Å². The number of amides is 1. The maximum atomic E-state index is 12.9. The number of hydrogen-bond acceptors (Lipinski definition) is 4. The maximum absolute atomic E-state index is 12.9. The highest BCUT2D eigenvalue weighted by molar-refractivity contribution is 6.03. The van der Waals surface area contributed by atoms with E-state index >= 15 is 0 Å². The van der Waals surface area contributed by atoms with Crippen LogP contribution in [0.2, 0.25) is 0 Å². The van der Waals surface area contributed by atoms with Crippen LogP contribution in [0.4, 0.5) is 11.4 Å². The number of nitrogens with zero attached hydrogens (tertiary/aromatic N) is 3. The van der Waals surface area contributed by atoms with Crippen molar-refractivity contribution in [1.29, 1.82) is 0 Å². The van der Waals surface area contributed by atoms with Crippen molar-refractivity contribution in [2.45, 2.75) is 52.0 Å². The molecule has 0 atom stereocenters. The number of carbonyl (C=O) groups is 1. The molecule has 2 fully saturated rings. The van der Waals surface area contributed by atoms with E-state index in [4.69, 9.17) is 4.74 Å². The molecule has 0 unspecified atom stereocenters. The Bertz CT molecular complexity index is 871. The summed E-state index contributed by atoms with van der Waals surface area (Å²) < 4.78 is 7.45. The molecule has 1 aromatic carbocycles. The number of anilines is 2. The van der Waals surface area contributed by atoms with Gasteiger partial charge in [-0.1, -0.05) is 0 Å². The van der Waals surface area contributed by atoms with Gasteiger partial charge in [0.05, 0.1) is 18.8 Å². The first kappa shape index (κ1) is 19.0. The third-order valence-electron chi connectivity index (χ3n) is 5.44. The van der Waals surface area contributed by atoms with Crippen LogP contribution in [-0.4, -0.2) is 42.0 Å². The monoisotopic (exact) mass is 382 g/mol. The zero-order valence-corrected chi connectivity index (χ0v) is 17.3. The fourth-order valence-electron chi connectivity index (χ4n) is 3.71. The predicted molar refractivity (Wildman–Crippen MR) is 111 cm³/mol. The van der Waals surface area contributed by atoms with Gasteiger partial charge in [-0.05, 0) is 70.4 Å². The molecule has 2 aliphatic rings. The normalized spacial score (nSPS) is 17.6. The smallest absolute Gasteiger partial charge is 0.276 e. The predicted octanol–water partition coefficient (Wildman–Crippen LogP) is 3.91. The van der Waals surface area contributed by atoms with Crippen molar-refractivity contribution in [1.82, 2.24) is 9.78 Å². The SMILES string of the molecule is Cc1cc(N2CCOCC2)ccc1NC(=O)c1cc(C2CC2)n(C(C)(C)C)n1. The van der Waals surface area contributed by atoms with Crippen molar-refractivity contribution in [3.8, 4) is 0 Å². The molecular weight excluding hydrogens is 352 g/mol. The summed E-state index contributed by atoms with van der Waals surface area (Å²) in [5.41, 5.74) is 4.60. The number of nitrogens with one attached hydrogen (secondary N) is 1. The second-order valence-electron chi connectivity index (χ2n) is 8.86. The zero-order chi connectivity index (χ0) is 19.9. The zero-order valence-electron chi connectivity index (χ0n) is 17.3. The molecule has 6 heteroatoms. The Morgan fingerprint density at radius 2 is 1.89 bits per heavy atom. The van der Waals surface area contributed by atoms with E-state index in [-0.39, 0.29) is 11.4 Å². The van der Waals surface area contributed by atoms with Gasteiger partial charge in [0.1, 0.15) is 0 Å². The van der Waals surface area contributed by atoms with Crippen LogP contribution < -0.4 is 10.2 Å². The van der Waals surface area contributed by atoms with Gasteiger partial charge in [0.25, 0.3) is 5.91 Å². The molecule has 1 amide bonds. The summed E-state index contributed by atoms with van der Waals surface area (Å²) in [5.74, 6) is 0.398. The third kappa shape index (κ3) is 3.92. The lowest BCUT2D eigenvalue weighted by Crippen LogP contribution is -2.36. The van der Waals surface area contributed by atoms with E-state index < -0.39 is 0 Å². The summed E-state index contributed by atoms with van der Waals surface area (Å²) in [6.07, 6.45) is 2.37. The van der Waals surface area contributed by atoms with Crippen molar-refractivity contribution in [2.75, 3.05) is 36.5 Å². The number of carbonyl (C=O) groups excluding carboxylic acids is 1. The summed E-state index contributed by atoms with van der Waals surface area (Å²) >= 11 is 0. The van der Waals surface area contributed by atoms with Crippen LogP contribution >= 0.6 is 0 Å². The number of aryl methyl sites for hydroxylation is 1. The van der Waals surface area contributed by atoms with Crippen LogP contribution in [0.25, 0.3) is 0 Å². The molecule has 1 saturated heterocycles. The largest absolute Gasteiger partial charge is 0.378 e. The van der Waals surface area contributed by atoms with Crippen LogP contribution in [-0.2, 0) is 10.3 Å². The molecule has 6 nitrogen and oxygen atoms in total. The Kier molecular flexibility index (Phi) is 4.91. The van der Waals surface area contributed by atoms with E-state index in [0.717, 1.165) is 37.6 Å². The van der Waals surface area contributed by atoms with Crippen LogP contribution in [0.5, 0.6) is 0 Å². The Morgan fingerprint density at radius 1 is 1.18 bits per heavy atom. The minimum atomic E-state index is -0.146. The minimum absolute atomic E-state index is 0.133. The van der Waals surface area contributed by atoms with Crippen molar-refractivity contribution in [3.05, 3.63) is 41.2 Å². The van der Waals surface area contributed by atoms with Gasteiger partial charge in [-0.2, -0.15) is 5.10 Å². The molecule has 2 aromatic rings. The van der Waals surface area contributed by atoms with Gasteiger partial charge in [0, 0.05) is 36.1 Å². The molecule has 150 valence electrons. The van der Waals surface area contributed by atoms with Crippen LogP contribution in [0.3, 0.4) is 0 Å². The maximum Gasteiger partial charge on any atom is 0.276 e. The Balaban J connectivity index is 1.52. The summed E-state index contributed by atoms with van der Waals surface area (Å²) in [7, 11) is 0. The number of benzene rings is 1. The highest BCUT2D eigenvalue weighted by Crippen LogP contribution is 2.41. The molecule has 4 rings (SSSR count). The van der Waals surface area contributed by atoms with Crippen LogP contribution in [0, 0.1) is 6.92 Å². The van der Waals surface area contributed by atoms with E-state index in [2.05, 4.69) is 48.2 Å². The number of aromatic nitrogens is 2. The molecule has 1 aliphatic heterocycles. The van der Waals surface area contributed by atoms with E-state index in [1.54, 1.807) is 0 Å². The van der Waals surface area contributed by atoms with Crippen molar-refractivity contribution >= 4 is 17.3 Å². The van der Waals surface area contributed by atoms with Gasteiger partial charge < -0.3 is 15.0 Å². The first-order valence-electron chi connectivity index (χ1n) is 10.2. The highest BCUT2D eigenvalue weighted by Gasteiger charge is 2.32. The summed E-state index contributed by atoms with van der Waals surface area (Å²) in [6.45, 7) is 11.7. The van der Waals surface area contributed by atoms with Gasteiger partial charge in [-0.25, -0.2) is 0 Å². The number of ether oxygens (including phenoxy) is 1. The lowest BCUT2D eigenvalue weighted by molar-refractivity contribution is 0.102. The molecule has 1 N–H and O–H groups in total. The van der Waals surface area contributed by atoms with E-state index in [1.165, 1.54) is 24.2 Å². The fraction of sp³-hybridized carbons (Fsp3) is 0.545. The van der Waals surface area contributed by atoms with Crippen molar-refractivity contribution in [2.24, 2.45) is 0 Å². The molecule has 1 aliphatic carbocycles. The van der Waals surface area contributed by atoms with E-state index in [9.17, 15) is 4.79 Å². The molecule has 28 heavy (non-hydrogen) atoms. The van der Waals surface area contributed by atoms with Crippen LogP contribution in [0.15, 0.2) is 24.3 Å². The molecule has 2 heterocycles. The number of rotatable bonds is 4. The molecule has 0 radical (unpaired) electrons. The highest BCUT2D eigenvalue weighted by atomic mass is 16.5. The van der Waals surface area contributed by atoms with Gasteiger partial charge in [-0.3, -0.25) is 9.48 Å². The average Bonchev–Trinajstić information content (AvgIpc) is 3.40. The Hall–Kier alpha value is -2.34. The first-order valence-corrected chi connectivity index (χ1v) is 10.2. The van der Waals surface area contributed by atoms with E-state index in [0.29, 0.717) is 11.6 Å². The fourth-order valence-corrected chi connectivity index (χ4v) is 3.71. The van der Waals surface area contributed by atoms with Crippen molar-refractivity contribution < 1.29 is 9.53 Å². The minimum Gasteiger partial charge on any atom is -0.378 e. The average molecular weight is 383 g/mol. The number of morpholine rings is 1. The van der Waals surface area contributed by atoms with Gasteiger partial charge >= 0.3 is 0 Å². The summed E-state index contributed by atoms with van der Waals surface area (Å²) in [6, 6.07) is 8.15. The third-order valence-corrected chi connectivity index (χ3v) is 5.44. The lowest BCUT2D eigenvalue weighted by atomic mass is 10.1. The lowest BCUT2D eigenvalue weighted by Gasteiger charge is -2.29. The summed E-state index contributed by atoms with van der Waals surface area (Å²) in [5, 5.41) is 7.69. The molecular formula is C22H30N4O2. The number of hydrogen-bond donors (Lipinski definition) is 1. The first-order chi connectivity index (χ1) is 13.3. The topological polar surface area (TPSA) is 59.4 Å². The quantitative estimate of drug-likeness (QED) is 0.871.